The van der Waals surface area contributed by atoms with E-state index in [1.807, 2.05) is 74.2 Å². The molecule has 2 aromatic carbocycles. The van der Waals surface area contributed by atoms with Gasteiger partial charge in [-0.25, -0.2) is 9.37 Å². The first-order valence-corrected chi connectivity index (χ1v) is 25.2. The van der Waals surface area contributed by atoms with Gasteiger partial charge in [0.2, 0.25) is 29.5 Å². The van der Waals surface area contributed by atoms with Crippen molar-refractivity contribution in [2.75, 3.05) is 49.9 Å². The largest absolute Gasteiger partial charge is 0.391 e. The minimum absolute atomic E-state index is 0.0102. The number of H-pyrrole nitrogens is 1. The van der Waals surface area contributed by atoms with E-state index >= 15 is 0 Å². The summed E-state index contributed by atoms with van der Waals surface area (Å²) in [7, 11) is 0. The first kappa shape index (κ1) is 51.6. The van der Waals surface area contributed by atoms with Crippen LogP contribution in [0.15, 0.2) is 54.2 Å². The molecule has 4 aromatic rings. The van der Waals surface area contributed by atoms with Gasteiger partial charge in [-0.05, 0) is 73.1 Å². The van der Waals surface area contributed by atoms with Crippen molar-refractivity contribution in [3.8, 4) is 10.4 Å². The lowest BCUT2D eigenvalue weighted by atomic mass is 9.85. The number of nitrogens with one attached hydrogen (secondary N) is 5. The second-order valence-electron chi connectivity index (χ2n) is 19.7. The van der Waals surface area contributed by atoms with Crippen molar-refractivity contribution < 1.29 is 38.3 Å². The summed E-state index contributed by atoms with van der Waals surface area (Å²) in [5.74, 6) is -1.83. The molecule has 0 saturated carbocycles. The summed E-state index contributed by atoms with van der Waals surface area (Å²) in [4.78, 5) is 93.0. The van der Waals surface area contributed by atoms with Crippen LogP contribution in [0.25, 0.3) is 22.1 Å². The topological polar surface area (TPSA) is 209 Å². The number of fused-ring (bicyclic) bond motifs is 1. The first-order chi connectivity index (χ1) is 33.4. The van der Waals surface area contributed by atoms with Crippen LogP contribution < -0.4 is 21.3 Å². The summed E-state index contributed by atoms with van der Waals surface area (Å²) >= 11 is 1.57. The second kappa shape index (κ2) is 23.1. The number of hydrogen-bond acceptors (Lipinski definition) is 10. The van der Waals surface area contributed by atoms with Gasteiger partial charge < -0.3 is 41.2 Å². The SMILES string of the molecule is Cc1ncsc1-c1ccc(CNC(=O)[C@H]2C[C@H](O)CN2C(=O)[C@@H](NC(=O)CCCCCCCCC(=O)N2CCN(CC(=O)Nc3c[nH]c(/C=C4\C(=O)Nc5ccc(F)cc54)c3C)CC2)C(C)(C)C)cc1. The number of nitrogens with zero attached hydrogens (tertiary/aromatic N) is 4. The van der Waals surface area contributed by atoms with Crippen molar-refractivity contribution in [3.63, 3.8) is 0 Å². The Balaban J connectivity index is 0.755. The van der Waals surface area contributed by atoms with Crippen LogP contribution in [0.3, 0.4) is 0 Å². The maximum absolute atomic E-state index is 14.0. The van der Waals surface area contributed by atoms with Gasteiger partial charge in [-0.2, -0.15) is 0 Å². The van der Waals surface area contributed by atoms with Crippen LogP contribution in [0.4, 0.5) is 15.8 Å². The number of aromatic nitrogens is 2. The van der Waals surface area contributed by atoms with E-state index in [-0.39, 0.29) is 67.9 Å². The zero-order valence-electron chi connectivity index (χ0n) is 40.8. The van der Waals surface area contributed by atoms with Gasteiger partial charge in [0, 0.05) is 81.7 Å². The molecule has 3 aliphatic rings. The number of rotatable bonds is 19. The quantitative estimate of drug-likeness (QED) is 0.0453. The molecule has 16 nitrogen and oxygen atoms in total. The van der Waals surface area contributed by atoms with E-state index in [1.165, 1.54) is 23.1 Å². The molecular formula is C52H66FN9O7S. The number of halogens is 1. The van der Waals surface area contributed by atoms with Crippen molar-refractivity contribution >= 4 is 69.8 Å². The van der Waals surface area contributed by atoms with Crippen molar-refractivity contribution in [1.82, 2.24) is 35.3 Å². The number of likely N-dealkylation sites (tertiary alicyclic amines) is 1. The minimum Gasteiger partial charge on any atom is -0.391 e. The number of carbonyl (C=O) groups excluding carboxylic acids is 6. The van der Waals surface area contributed by atoms with Gasteiger partial charge in [0.1, 0.15) is 17.9 Å². The fourth-order valence-electron chi connectivity index (χ4n) is 9.23. The van der Waals surface area contributed by atoms with Gasteiger partial charge >= 0.3 is 0 Å². The highest BCUT2D eigenvalue weighted by Gasteiger charge is 2.44. The van der Waals surface area contributed by atoms with Gasteiger partial charge in [0.25, 0.3) is 5.91 Å². The molecule has 0 bridgehead atoms. The molecule has 3 aliphatic heterocycles. The first-order valence-electron chi connectivity index (χ1n) is 24.3. The van der Waals surface area contributed by atoms with Crippen LogP contribution in [-0.4, -0.2) is 123 Å². The summed E-state index contributed by atoms with van der Waals surface area (Å²) in [6, 6.07) is 10.3. The van der Waals surface area contributed by atoms with E-state index < -0.39 is 29.4 Å². The molecular weight excluding hydrogens is 914 g/mol. The molecule has 2 aromatic heterocycles. The molecule has 374 valence electrons. The van der Waals surface area contributed by atoms with E-state index in [1.54, 1.807) is 23.6 Å². The zero-order valence-corrected chi connectivity index (χ0v) is 41.6. The predicted octanol–water partition coefficient (Wildman–Crippen LogP) is 6.40. The van der Waals surface area contributed by atoms with Crippen LogP contribution >= 0.6 is 11.3 Å². The van der Waals surface area contributed by atoms with E-state index in [0.717, 1.165) is 59.4 Å². The van der Waals surface area contributed by atoms with Crippen molar-refractivity contribution in [3.05, 3.63) is 88.1 Å². The summed E-state index contributed by atoms with van der Waals surface area (Å²) in [6.07, 6.45) is 8.29. The summed E-state index contributed by atoms with van der Waals surface area (Å²) < 4.78 is 13.9. The number of aromatic amines is 1. The second-order valence-corrected chi connectivity index (χ2v) is 20.6. The summed E-state index contributed by atoms with van der Waals surface area (Å²) in [6.45, 7) is 12.1. The molecule has 3 atom stereocenters. The molecule has 5 heterocycles. The third-order valence-electron chi connectivity index (χ3n) is 13.4. The molecule has 6 N–H and O–H groups in total. The lowest BCUT2D eigenvalue weighted by Crippen LogP contribution is -2.57. The average molecular weight is 980 g/mol. The van der Waals surface area contributed by atoms with Crippen LogP contribution in [0.5, 0.6) is 0 Å². The van der Waals surface area contributed by atoms with Crippen molar-refractivity contribution in [2.24, 2.45) is 5.41 Å². The van der Waals surface area contributed by atoms with Gasteiger partial charge in [-0.3, -0.25) is 33.7 Å². The Labute approximate surface area is 412 Å². The average Bonchev–Trinajstić information content (AvgIpc) is 4.10. The maximum Gasteiger partial charge on any atom is 0.256 e. The highest BCUT2D eigenvalue weighted by atomic mass is 32.1. The number of amides is 6. The third-order valence-corrected chi connectivity index (χ3v) is 14.3. The number of aliphatic hydroxyl groups is 1. The van der Waals surface area contributed by atoms with Gasteiger partial charge in [-0.1, -0.05) is 70.7 Å². The molecule has 0 spiro atoms. The number of unbranched alkanes of at least 4 members (excludes halogenated alkanes) is 5. The van der Waals surface area contributed by atoms with E-state index in [4.69, 9.17) is 0 Å². The number of carbonyl (C=O) groups is 6. The summed E-state index contributed by atoms with van der Waals surface area (Å²) in [5.41, 5.74) is 7.41. The molecule has 6 amide bonds. The lowest BCUT2D eigenvalue weighted by molar-refractivity contribution is -0.144. The molecule has 2 fully saturated rings. The molecule has 18 heteroatoms. The summed E-state index contributed by atoms with van der Waals surface area (Å²) in [5, 5.41) is 22.2. The molecule has 70 heavy (non-hydrogen) atoms. The fourth-order valence-corrected chi connectivity index (χ4v) is 10.0. The van der Waals surface area contributed by atoms with Crippen LogP contribution in [-0.2, 0) is 35.3 Å². The zero-order chi connectivity index (χ0) is 50.1. The minimum atomic E-state index is -0.883. The van der Waals surface area contributed by atoms with Gasteiger partial charge in [0.15, 0.2) is 0 Å². The van der Waals surface area contributed by atoms with E-state index in [9.17, 15) is 38.3 Å². The van der Waals surface area contributed by atoms with Crippen LogP contribution in [0.1, 0.15) is 107 Å². The Kier molecular flexibility index (Phi) is 17.0. The number of piperazine rings is 1. The number of aliphatic hydroxyl groups excluding tert-OH is 1. The Hall–Kier alpha value is -6.24. The highest BCUT2D eigenvalue weighted by Crippen LogP contribution is 2.35. The van der Waals surface area contributed by atoms with E-state index in [2.05, 4.69) is 31.2 Å². The number of anilines is 2. The molecule has 2 saturated heterocycles. The number of benzene rings is 2. The molecule has 0 radical (unpaired) electrons. The Morgan fingerprint density at radius 1 is 0.943 bits per heavy atom. The smallest absolute Gasteiger partial charge is 0.256 e. The van der Waals surface area contributed by atoms with Gasteiger partial charge in [0.05, 0.1) is 40.0 Å². The van der Waals surface area contributed by atoms with Crippen molar-refractivity contribution in [2.45, 2.75) is 117 Å². The number of aryl methyl sites for hydroxylation is 1. The normalized spacial score (nSPS) is 18.2. The predicted molar refractivity (Wildman–Crippen MR) is 269 cm³/mol. The van der Waals surface area contributed by atoms with E-state index in [0.29, 0.717) is 67.2 Å². The Bertz CT molecular complexity index is 2580. The highest BCUT2D eigenvalue weighted by molar-refractivity contribution is 7.13. The fraction of sp³-hybridized carbons (Fsp3) is 0.481. The number of β-amino-alcohol motifs (C(OH)–C–C–N with tert-alkyl or cyclic N) is 1. The number of hydrogen-bond donors (Lipinski definition) is 6. The van der Waals surface area contributed by atoms with Crippen LogP contribution in [0, 0.1) is 25.1 Å². The Morgan fingerprint density at radius 2 is 1.64 bits per heavy atom. The van der Waals surface area contributed by atoms with Gasteiger partial charge in [-0.15, -0.1) is 11.3 Å². The third kappa shape index (κ3) is 13.1. The molecule has 0 unspecified atom stereocenters. The van der Waals surface area contributed by atoms with Crippen molar-refractivity contribution in [1.29, 1.82) is 0 Å². The maximum atomic E-state index is 14.0. The lowest BCUT2D eigenvalue weighted by Gasteiger charge is -2.35. The molecule has 0 aliphatic carbocycles. The number of thiazole rings is 1. The standard InChI is InChI=1S/C52H66FN9O7S/c1-32-41(26-39-38-24-36(53)18-19-40(38)58-49(39)67)54-28-42(32)57-45(65)30-60-20-22-61(23-21-60)46(66)13-11-9-7-6-8-10-12-44(64)59-48(52(3,4)5)51(69)62-29-37(63)25-43(62)50(68)55-27-34-14-16-35(17-15-34)47-33(2)56-31-70-47/h14-19,24,26,28,31,37,43,48,54,63H,6-13,20-23,25,27,29-30H2,1-5H3,(H,55,68)(H,57,65)(H,58,67)(H,59,64)/b39-26-/t37-,43+,48+/m0/s1. The molecule has 7 rings (SSSR count). The van der Waals surface area contributed by atoms with Crippen LogP contribution in [0.2, 0.25) is 0 Å². The monoisotopic (exact) mass is 979 g/mol. The Morgan fingerprint density at radius 3 is 2.33 bits per heavy atom.